The van der Waals surface area contributed by atoms with Crippen molar-refractivity contribution in [1.82, 2.24) is 20.0 Å². The van der Waals surface area contributed by atoms with Gasteiger partial charge in [0.2, 0.25) is 5.91 Å². The molecule has 4 fully saturated rings. The van der Waals surface area contributed by atoms with Crippen molar-refractivity contribution in [3.63, 3.8) is 0 Å². The molecule has 1 aromatic carbocycles. The van der Waals surface area contributed by atoms with E-state index in [0.29, 0.717) is 37.8 Å². The summed E-state index contributed by atoms with van der Waals surface area (Å²) in [4.78, 5) is 61.0. The van der Waals surface area contributed by atoms with Crippen LogP contribution in [0.1, 0.15) is 62.7 Å². The highest BCUT2D eigenvalue weighted by Gasteiger charge is 2.55. The standard InChI is InChI=1S/C30H43N5O5/c1-20(2)18-23(31-27(37)21-6-8-22(9-7-21)33-16-14-32(3)15-17-33)28(38)34-13-10-24-26(34)25(36)19-35(24)29(39)30(40)11-4-5-12-30/h6-9,20,23-24,26,40H,4-5,10-19H2,1-3H3,(H,31,37). The molecule has 1 aromatic rings. The summed E-state index contributed by atoms with van der Waals surface area (Å²) in [5.41, 5.74) is 0.154. The number of likely N-dealkylation sites (tertiary alicyclic amines) is 2. The van der Waals surface area contributed by atoms with Gasteiger partial charge in [-0.3, -0.25) is 19.2 Å². The van der Waals surface area contributed by atoms with Gasteiger partial charge in [-0.1, -0.05) is 13.8 Å². The Labute approximate surface area is 236 Å². The van der Waals surface area contributed by atoms with Gasteiger partial charge in [0.1, 0.15) is 17.7 Å². The number of benzene rings is 1. The molecule has 3 heterocycles. The Morgan fingerprint density at radius 1 is 1.00 bits per heavy atom. The quantitative estimate of drug-likeness (QED) is 0.523. The molecule has 3 amide bonds. The van der Waals surface area contributed by atoms with E-state index in [0.717, 1.165) is 44.7 Å². The predicted molar refractivity (Wildman–Crippen MR) is 151 cm³/mol. The molecule has 10 heteroatoms. The third-order valence-corrected chi connectivity index (χ3v) is 9.10. The van der Waals surface area contributed by atoms with E-state index >= 15 is 0 Å². The number of nitrogens with one attached hydrogen (secondary N) is 1. The number of fused-ring (bicyclic) bond motifs is 1. The fourth-order valence-corrected chi connectivity index (χ4v) is 6.80. The summed E-state index contributed by atoms with van der Waals surface area (Å²) in [5, 5.41) is 13.8. The van der Waals surface area contributed by atoms with E-state index in [9.17, 15) is 24.3 Å². The number of carbonyl (C=O) groups excluding carboxylic acids is 4. The Kier molecular flexibility index (Phi) is 8.20. The molecule has 0 aromatic heterocycles. The first-order valence-electron chi connectivity index (χ1n) is 14.8. The minimum atomic E-state index is -1.40. The first kappa shape index (κ1) is 28.5. The van der Waals surface area contributed by atoms with E-state index in [1.165, 1.54) is 4.90 Å². The fraction of sp³-hybridized carbons (Fsp3) is 0.667. The van der Waals surface area contributed by atoms with Gasteiger partial charge in [-0.25, -0.2) is 0 Å². The molecule has 218 valence electrons. The summed E-state index contributed by atoms with van der Waals surface area (Å²) in [6.45, 7) is 8.11. The lowest BCUT2D eigenvalue weighted by atomic mass is 9.99. The molecule has 3 aliphatic heterocycles. The van der Waals surface area contributed by atoms with Crippen LogP contribution < -0.4 is 10.2 Å². The van der Waals surface area contributed by atoms with Crippen LogP contribution in [0.15, 0.2) is 24.3 Å². The van der Waals surface area contributed by atoms with Gasteiger partial charge in [0.25, 0.3) is 11.8 Å². The highest BCUT2D eigenvalue weighted by Crippen LogP contribution is 2.37. The van der Waals surface area contributed by atoms with Crippen LogP contribution >= 0.6 is 0 Å². The van der Waals surface area contributed by atoms with Crippen LogP contribution in [-0.4, -0.2) is 113 Å². The van der Waals surface area contributed by atoms with Crippen molar-refractivity contribution in [2.75, 3.05) is 51.2 Å². The SMILES string of the molecule is CC(C)CC(NC(=O)c1ccc(N2CCN(C)CC2)cc1)C(=O)N1CCC2C1C(=O)CN2C(=O)C1(O)CCCC1. The number of ketones is 1. The van der Waals surface area contributed by atoms with Crippen molar-refractivity contribution in [2.24, 2.45) is 5.92 Å². The summed E-state index contributed by atoms with van der Waals surface area (Å²) in [6, 6.07) is 5.56. The third kappa shape index (κ3) is 5.61. The molecule has 2 N–H and O–H groups in total. The summed E-state index contributed by atoms with van der Waals surface area (Å²) >= 11 is 0. The Morgan fingerprint density at radius 2 is 1.65 bits per heavy atom. The monoisotopic (exact) mass is 553 g/mol. The number of Topliss-reactive ketones (excluding diaryl/α,β-unsaturated/α-hetero) is 1. The van der Waals surface area contributed by atoms with Crippen LogP contribution in [0.2, 0.25) is 0 Å². The zero-order chi connectivity index (χ0) is 28.6. The molecule has 10 nitrogen and oxygen atoms in total. The minimum absolute atomic E-state index is 0.0822. The normalized spacial score (nSPS) is 25.4. The number of aliphatic hydroxyl groups is 1. The second-order valence-electron chi connectivity index (χ2n) is 12.5. The third-order valence-electron chi connectivity index (χ3n) is 9.10. The molecule has 0 bridgehead atoms. The fourth-order valence-electron chi connectivity index (χ4n) is 6.80. The number of rotatable bonds is 7. The lowest BCUT2D eigenvalue weighted by Crippen LogP contribution is -2.53. The van der Waals surface area contributed by atoms with Crippen LogP contribution in [0.4, 0.5) is 5.69 Å². The first-order valence-corrected chi connectivity index (χ1v) is 14.8. The van der Waals surface area contributed by atoms with Crippen molar-refractivity contribution in [1.29, 1.82) is 0 Å². The van der Waals surface area contributed by atoms with Crippen LogP contribution in [0.5, 0.6) is 0 Å². The van der Waals surface area contributed by atoms with E-state index in [4.69, 9.17) is 0 Å². The molecule has 1 aliphatic carbocycles. The molecule has 0 spiro atoms. The van der Waals surface area contributed by atoms with Gasteiger partial charge in [-0.2, -0.15) is 0 Å². The molecular formula is C30H43N5O5. The summed E-state index contributed by atoms with van der Waals surface area (Å²) in [5.74, 6) is -1.03. The molecule has 5 rings (SSSR count). The predicted octanol–water partition coefficient (Wildman–Crippen LogP) is 1.27. The van der Waals surface area contributed by atoms with E-state index in [1.807, 2.05) is 26.0 Å². The molecule has 3 unspecified atom stereocenters. The number of hydrogen-bond acceptors (Lipinski definition) is 7. The lowest BCUT2D eigenvalue weighted by Gasteiger charge is -2.34. The summed E-state index contributed by atoms with van der Waals surface area (Å²) in [6.07, 6.45) is 3.33. The maximum atomic E-state index is 13.8. The Balaban J connectivity index is 1.26. The van der Waals surface area contributed by atoms with Gasteiger partial charge >= 0.3 is 0 Å². The summed E-state index contributed by atoms with van der Waals surface area (Å²) in [7, 11) is 2.11. The van der Waals surface area contributed by atoms with Crippen molar-refractivity contribution in [3.8, 4) is 0 Å². The molecule has 4 aliphatic rings. The Morgan fingerprint density at radius 3 is 2.27 bits per heavy atom. The second-order valence-corrected chi connectivity index (χ2v) is 12.5. The number of nitrogens with zero attached hydrogens (tertiary/aromatic N) is 4. The molecule has 3 saturated heterocycles. The smallest absolute Gasteiger partial charge is 0.255 e. The van der Waals surface area contributed by atoms with Crippen LogP contribution in [0.3, 0.4) is 0 Å². The van der Waals surface area contributed by atoms with Crippen molar-refractivity contribution in [3.05, 3.63) is 29.8 Å². The van der Waals surface area contributed by atoms with E-state index in [-0.39, 0.29) is 36.0 Å². The second kappa shape index (κ2) is 11.5. The van der Waals surface area contributed by atoms with Gasteiger partial charge in [0, 0.05) is 44.0 Å². The highest BCUT2D eigenvalue weighted by atomic mass is 16.3. The average molecular weight is 554 g/mol. The van der Waals surface area contributed by atoms with Gasteiger partial charge in [0.15, 0.2) is 5.78 Å². The van der Waals surface area contributed by atoms with Crippen molar-refractivity contribution >= 4 is 29.2 Å². The van der Waals surface area contributed by atoms with Crippen LogP contribution in [0.25, 0.3) is 0 Å². The topological polar surface area (TPSA) is 114 Å². The van der Waals surface area contributed by atoms with Crippen molar-refractivity contribution in [2.45, 2.75) is 76.1 Å². The summed E-state index contributed by atoms with van der Waals surface area (Å²) < 4.78 is 0. The maximum absolute atomic E-state index is 13.8. The van der Waals surface area contributed by atoms with Crippen LogP contribution in [-0.2, 0) is 14.4 Å². The van der Waals surface area contributed by atoms with E-state index < -0.39 is 23.7 Å². The maximum Gasteiger partial charge on any atom is 0.255 e. The minimum Gasteiger partial charge on any atom is -0.380 e. The van der Waals surface area contributed by atoms with Crippen molar-refractivity contribution < 1.29 is 24.3 Å². The van der Waals surface area contributed by atoms with Crippen LogP contribution in [0, 0.1) is 5.92 Å². The van der Waals surface area contributed by atoms with Gasteiger partial charge in [-0.05, 0) is 75.8 Å². The van der Waals surface area contributed by atoms with E-state index in [2.05, 4.69) is 22.2 Å². The van der Waals surface area contributed by atoms with E-state index in [1.54, 1.807) is 17.0 Å². The molecular weight excluding hydrogens is 510 g/mol. The highest BCUT2D eigenvalue weighted by molar-refractivity contribution is 6.01. The number of piperazine rings is 1. The number of likely N-dealkylation sites (N-methyl/N-ethyl adjacent to an activating group) is 1. The largest absolute Gasteiger partial charge is 0.380 e. The molecule has 3 atom stereocenters. The number of hydrogen-bond donors (Lipinski definition) is 2. The Bertz CT molecular complexity index is 1120. The number of anilines is 1. The number of amides is 3. The zero-order valence-electron chi connectivity index (χ0n) is 24.0. The lowest BCUT2D eigenvalue weighted by molar-refractivity contribution is -0.152. The zero-order valence-corrected chi connectivity index (χ0v) is 24.0. The van der Waals surface area contributed by atoms with Gasteiger partial charge < -0.3 is 30.0 Å². The molecule has 0 radical (unpaired) electrons. The van der Waals surface area contributed by atoms with Gasteiger partial charge in [0.05, 0.1) is 12.6 Å². The van der Waals surface area contributed by atoms with Gasteiger partial charge in [-0.15, -0.1) is 0 Å². The molecule has 1 saturated carbocycles. The average Bonchev–Trinajstić information content (AvgIpc) is 3.65. The first-order chi connectivity index (χ1) is 19.1. The molecule has 40 heavy (non-hydrogen) atoms. The number of carbonyl (C=O) groups is 4. The Hall–Kier alpha value is -2.98.